The van der Waals surface area contributed by atoms with E-state index in [1.54, 1.807) is 13.8 Å². The fourth-order valence-corrected chi connectivity index (χ4v) is 1.69. The molecule has 0 radical (unpaired) electrons. The van der Waals surface area contributed by atoms with Gasteiger partial charge in [-0.2, -0.15) is 10.4 Å². The second-order valence-electron chi connectivity index (χ2n) is 5.21. The molecule has 6 heteroatoms. The van der Waals surface area contributed by atoms with Crippen molar-refractivity contribution in [3.8, 4) is 17.5 Å². The Morgan fingerprint density at radius 2 is 2.10 bits per heavy atom. The van der Waals surface area contributed by atoms with Crippen molar-refractivity contribution in [2.45, 2.75) is 20.3 Å². The normalized spacial score (nSPS) is 10.9. The number of aromatic nitrogens is 3. The van der Waals surface area contributed by atoms with Gasteiger partial charge in [-0.3, -0.25) is 9.89 Å². The van der Waals surface area contributed by atoms with Crippen molar-refractivity contribution in [1.29, 1.82) is 5.26 Å². The standard InChI is InChI=1S/C15H17N5O/c1-15(2,10-16)14(21)17-9-8-12-18-13(20-19-12)11-6-4-3-5-7-11/h3-7H,8-9H2,1-2H3,(H,17,21)(H,18,19,20). The highest BCUT2D eigenvalue weighted by Gasteiger charge is 2.26. The van der Waals surface area contributed by atoms with Crippen LogP contribution >= 0.6 is 0 Å². The summed E-state index contributed by atoms with van der Waals surface area (Å²) in [7, 11) is 0. The summed E-state index contributed by atoms with van der Waals surface area (Å²) in [5, 5.41) is 18.6. The number of carbonyl (C=O) groups is 1. The first-order valence-electron chi connectivity index (χ1n) is 6.69. The molecule has 0 aliphatic rings. The van der Waals surface area contributed by atoms with E-state index in [-0.39, 0.29) is 5.91 Å². The topological polar surface area (TPSA) is 94.5 Å². The van der Waals surface area contributed by atoms with Crippen molar-refractivity contribution in [2.24, 2.45) is 5.41 Å². The molecule has 0 unspecified atom stereocenters. The van der Waals surface area contributed by atoms with E-state index >= 15 is 0 Å². The van der Waals surface area contributed by atoms with E-state index in [2.05, 4.69) is 20.5 Å². The van der Waals surface area contributed by atoms with Crippen LogP contribution in [0.15, 0.2) is 30.3 Å². The molecule has 0 bridgehead atoms. The Bertz CT molecular complexity index is 654. The van der Waals surface area contributed by atoms with Crippen molar-refractivity contribution in [3.63, 3.8) is 0 Å². The molecular weight excluding hydrogens is 266 g/mol. The van der Waals surface area contributed by atoms with Crippen LogP contribution in [0.25, 0.3) is 11.4 Å². The quantitative estimate of drug-likeness (QED) is 0.872. The average molecular weight is 283 g/mol. The third-order valence-electron chi connectivity index (χ3n) is 3.06. The first-order chi connectivity index (χ1) is 10.0. The maximum Gasteiger partial charge on any atom is 0.239 e. The van der Waals surface area contributed by atoms with Gasteiger partial charge in [-0.1, -0.05) is 30.3 Å². The van der Waals surface area contributed by atoms with E-state index in [1.165, 1.54) is 0 Å². The Labute approximate surface area is 123 Å². The number of aromatic amines is 1. The molecule has 2 N–H and O–H groups in total. The predicted molar refractivity (Wildman–Crippen MR) is 77.9 cm³/mol. The molecule has 0 saturated carbocycles. The lowest BCUT2D eigenvalue weighted by atomic mass is 9.95. The van der Waals surface area contributed by atoms with Crippen molar-refractivity contribution in [3.05, 3.63) is 36.2 Å². The average Bonchev–Trinajstić information content (AvgIpc) is 2.97. The highest BCUT2D eigenvalue weighted by molar-refractivity contribution is 5.84. The number of hydrogen-bond acceptors (Lipinski definition) is 4. The molecule has 0 aliphatic heterocycles. The van der Waals surface area contributed by atoms with Crippen LogP contribution in [0.5, 0.6) is 0 Å². The van der Waals surface area contributed by atoms with Gasteiger partial charge < -0.3 is 5.32 Å². The van der Waals surface area contributed by atoms with Crippen molar-refractivity contribution in [1.82, 2.24) is 20.5 Å². The third-order valence-corrected chi connectivity index (χ3v) is 3.06. The van der Waals surface area contributed by atoms with E-state index in [0.29, 0.717) is 24.6 Å². The second-order valence-corrected chi connectivity index (χ2v) is 5.21. The van der Waals surface area contributed by atoms with Crippen LogP contribution in [-0.4, -0.2) is 27.6 Å². The zero-order valence-electron chi connectivity index (χ0n) is 12.1. The molecule has 2 rings (SSSR count). The van der Waals surface area contributed by atoms with Crippen LogP contribution in [0, 0.1) is 16.7 Å². The van der Waals surface area contributed by atoms with E-state index in [4.69, 9.17) is 5.26 Å². The fourth-order valence-electron chi connectivity index (χ4n) is 1.69. The number of nitrogens with zero attached hydrogens (tertiary/aromatic N) is 3. The maximum atomic E-state index is 11.7. The molecule has 108 valence electrons. The molecule has 0 saturated heterocycles. The minimum absolute atomic E-state index is 0.284. The molecule has 1 aromatic heterocycles. The molecule has 6 nitrogen and oxygen atoms in total. The first kappa shape index (κ1) is 14.7. The van der Waals surface area contributed by atoms with Crippen LogP contribution in [0.2, 0.25) is 0 Å². The summed E-state index contributed by atoms with van der Waals surface area (Å²) in [6, 6.07) is 11.6. The number of H-pyrrole nitrogens is 1. The lowest BCUT2D eigenvalue weighted by molar-refractivity contribution is -0.126. The summed E-state index contributed by atoms with van der Waals surface area (Å²) in [6.07, 6.45) is 0.535. The molecule has 0 aliphatic carbocycles. The minimum atomic E-state index is -1.02. The smallest absolute Gasteiger partial charge is 0.239 e. The third kappa shape index (κ3) is 3.66. The summed E-state index contributed by atoms with van der Waals surface area (Å²) >= 11 is 0. The van der Waals surface area contributed by atoms with E-state index in [0.717, 1.165) is 5.56 Å². The molecule has 0 atom stereocenters. The van der Waals surface area contributed by atoms with E-state index < -0.39 is 5.41 Å². The molecule has 21 heavy (non-hydrogen) atoms. The Hall–Kier alpha value is -2.68. The highest BCUT2D eigenvalue weighted by Crippen LogP contribution is 2.14. The van der Waals surface area contributed by atoms with Gasteiger partial charge in [0.2, 0.25) is 5.91 Å². The zero-order valence-corrected chi connectivity index (χ0v) is 12.1. The summed E-state index contributed by atoms with van der Waals surface area (Å²) < 4.78 is 0. The molecule has 1 heterocycles. The monoisotopic (exact) mass is 283 g/mol. The number of nitriles is 1. The second kappa shape index (κ2) is 6.18. The van der Waals surface area contributed by atoms with E-state index in [1.807, 2.05) is 36.4 Å². The summed E-state index contributed by atoms with van der Waals surface area (Å²) in [6.45, 7) is 3.59. The first-order valence-corrected chi connectivity index (χ1v) is 6.69. The fraction of sp³-hybridized carbons (Fsp3) is 0.333. The Balaban J connectivity index is 1.90. The summed E-state index contributed by atoms with van der Waals surface area (Å²) in [4.78, 5) is 16.1. The van der Waals surface area contributed by atoms with Crippen molar-refractivity contribution < 1.29 is 4.79 Å². The number of benzene rings is 1. The van der Waals surface area contributed by atoms with E-state index in [9.17, 15) is 4.79 Å². The predicted octanol–water partition coefficient (Wildman–Crippen LogP) is 1.68. The number of carbonyl (C=O) groups excluding carboxylic acids is 1. The molecular formula is C15H17N5O. The zero-order chi connectivity index (χ0) is 15.3. The lowest BCUT2D eigenvalue weighted by Gasteiger charge is -2.14. The Morgan fingerprint density at radius 1 is 1.38 bits per heavy atom. The largest absolute Gasteiger partial charge is 0.354 e. The van der Waals surface area contributed by atoms with Gasteiger partial charge in [-0.25, -0.2) is 4.98 Å². The molecule has 1 aromatic carbocycles. The lowest BCUT2D eigenvalue weighted by Crippen LogP contribution is -2.37. The van der Waals surface area contributed by atoms with Crippen LogP contribution in [0.3, 0.4) is 0 Å². The highest BCUT2D eigenvalue weighted by atomic mass is 16.2. The number of nitrogens with one attached hydrogen (secondary N) is 2. The Kier molecular flexibility index (Phi) is 4.33. The molecule has 1 amide bonds. The van der Waals surface area contributed by atoms with Gasteiger partial charge in [0.05, 0.1) is 6.07 Å². The molecule has 0 spiro atoms. The van der Waals surface area contributed by atoms with Gasteiger partial charge in [0, 0.05) is 18.5 Å². The SMILES string of the molecule is CC(C)(C#N)C(=O)NCCc1nc(-c2ccccc2)n[nH]1. The van der Waals surface area contributed by atoms with Crippen LogP contribution < -0.4 is 5.32 Å². The maximum absolute atomic E-state index is 11.7. The summed E-state index contributed by atoms with van der Waals surface area (Å²) in [5.74, 6) is 1.05. The number of rotatable bonds is 5. The number of amides is 1. The molecule has 0 fully saturated rings. The van der Waals surface area contributed by atoms with Crippen LogP contribution in [0.4, 0.5) is 0 Å². The van der Waals surface area contributed by atoms with Gasteiger partial charge in [-0.15, -0.1) is 0 Å². The van der Waals surface area contributed by atoms with Gasteiger partial charge in [-0.05, 0) is 13.8 Å². The van der Waals surface area contributed by atoms with Gasteiger partial charge in [0.25, 0.3) is 0 Å². The minimum Gasteiger partial charge on any atom is -0.354 e. The van der Waals surface area contributed by atoms with Crippen LogP contribution in [-0.2, 0) is 11.2 Å². The Morgan fingerprint density at radius 3 is 2.76 bits per heavy atom. The van der Waals surface area contributed by atoms with Gasteiger partial charge >= 0.3 is 0 Å². The van der Waals surface area contributed by atoms with Gasteiger partial charge in [0.1, 0.15) is 11.2 Å². The molecule has 2 aromatic rings. The van der Waals surface area contributed by atoms with Gasteiger partial charge in [0.15, 0.2) is 5.82 Å². The number of hydrogen-bond donors (Lipinski definition) is 2. The summed E-state index contributed by atoms with van der Waals surface area (Å²) in [5.41, 5.74) is -0.0778. The van der Waals surface area contributed by atoms with Crippen LogP contribution in [0.1, 0.15) is 19.7 Å². The van der Waals surface area contributed by atoms with Crippen molar-refractivity contribution >= 4 is 5.91 Å². The van der Waals surface area contributed by atoms with Crippen molar-refractivity contribution in [2.75, 3.05) is 6.54 Å².